The van der Waals surface area contributed by atoms with Gasteiger partial charge >= 0.3 is 6.03 Å². The average molecular weight is 795 g/mol. The highest BCUT2D eigenvalue weighted by atomic mass is 19.1. The van der Waals surface area contributed by atoms with Crippen LogP contribution in [0.2, 0.25) is 0 Å². The maximum Gasteiger partial charge on any atom is 0.320 e. The number of fused-ring (bicyclic) bond motifs is 4. The number of nitrogens with one attached hydrogen (secondary N) is 2. The van der Waals surface area contributed by atoms with Crippen molar-refractivity contribution in [3.63, 3.8) is 0 Å². The largest absolute Gasteiger partial charge is 0.504 e. The number of piperazine rings is 2. The summed E-state index contributed by atoms with van der Waals surface area (Å²) in [6.45, 7) is 13.4. The number of para-hydroxylation sites is 1. The van der Waals surface area contributed by atoms with Crippen LogP contribution in [0.15, 0.2) is 42.5 Å². The molecule has 5 amide bonds. The van der Waals surface area contributed by atoms with E-state index in [0.29, 0.717) is 68.7 Å². The highest BCUT2D eigenvalue weighted by molar-refractivity contribution is 6.05. The Morgan fingerprint density at radius 1 is 0.966 bits per heavy atom. The fourth-order valence-electron chi connectivity index (χ4n) is 9.98. The molecule has 0 radical (unpaired) electrons. The lowest BCUT2D eigenvalue weighted by atomic mass is 9.92. The number of rotatable bonds is 5. The van der Waals surface area contributed by atoms with Crippen molar-refractivity contribution in [2.24, 2.45) is 5.92 Å². The van der Waals surface area contributed by atoms with Crippen molar-refractivity contribution in [3.05, 3.63) is 59.4 Å². The third kappa shape index (κ3) is 6.74. The third-order valence-corrected chi connectivity index (χ3v) is 13.4. The minimum atomic E-state index is -0.714. The monoisotopic (exact) mass is 794 g/mol. The van der Waals surface area contributed by atoms with Gasteiger partial charge in [0.05, 0.1) is 16.9 Å². The lowest BCUT2D eigenvalue weighted by Gasteiger charge is -2.54. The van der Waals surface area contributed by atoms with Gasteiger partial charge in [0.15, 0.2) is 17.4 Å². The van der Waals surface area contributed by atoms with E-state index in [0.717, 1.165) is 56.0 Å². The number of halogens is 1. The maximum absolute atomic E-state index is 14.2. The molecule has 1 aromatic heterocycles. The van der Waals surface area contributed by atoms with Crippen molar-refractivity contribution in [1.82, 2.24) is 35.1 Å². The normalized spacial score (nSPS) is 26.6. The molecule has 7 heterocycles. The lowest BCUT2D eigenvalue weighted by molar-refractivity contribution is -0.136. The van der Waals surface area contributed by atoms with Crippen molar-refractivity contribution in [2.45, 2.75) is 76.7 Å². The Labute approximate surface area is 337 Å². The van der Waals surface area contributed by atoms with Crippen LogP contribution in [0.5, 0.6) is 5.75 Å². The summed E-state index contributed by atoms with van der Waals surface area (Å²) in [5, 5.41) is 24.8. The maximum atomic E-state index is 14.2. The number of phenolic OH excluding ortho intramolecular Hbond substituents is 1. The number of anilines is 3. The summed E-state index contributed by atoms with van der Waals surface area (Å²) in [6, 6.07) is 12.0. The Hall–Kier alpha value is -5.51. The third-order valence-electron chi connectivity index (χ3n) is 13.4. The van der Waals surface area contributed by atoms with E-state index in [9.17, 15) is 28.7 Å². The lowest BCUT2D eigenvalue weighted by Crippen LogP contribution is -2.69. The van der Waals surface area contributed by atoms with Crippen LogP contribution in [0.1, 0.15) is 62.4 Å². The minimum Gasteiger partial charge on any atom is -0.504 e. The molecule has 306 valence electrons. The van der Waals surface area contributed by atoms with Crippen molar-refractivity contribution in [1.29, 1.82) is 0 Å². The van der Waals surface area contributed by atoms with Crippen LogP contribution in [0.4, 0.5) is 26.4 Å². The fourth-order valence-corrected chi connectivity index (χ4v) is 9.98. The molecule has 6 aliphatic rings. The number of hydrogen-bond acceptors (Lipinski definition) is 11. The summed E-state index contributed by atoms with van der Waals surface area (Å²) in [5.74, 6) is -0.851. The van der Waals surface area contributed by atoms with Crippen LogP contribution in [-0.4, -0.2) is 141 Å². The Bertz CT molecular complexity index is 2160. The number of imide groups is 1. The molecule has 9 rings (SSSR count). The molecule has 0 aliphatic carbocycles. The first kappa shape index (κ1) is 38.0. The van der Waals surface area contributed by atoms with Crippen LogP contribution >= 0.6 is 0 Å². The standard InChI is InChI=1S/C42H51FN10O5/c1-25-20-51(41(58)49-15-16-53-35-18-33(30-5-4-6-32(43)37(30)55)46-47-38(35)44-23-42(53,3)24-49)26(2)19-50(25)21-27-11-13-48(14-12-27)29-8-7-28-22-52(40(57)31(28)17-29)34-9-10-36(54)45-39(34)56/h4-8,17-18,25-27,34,55H,9-16,19-24H2,1-3H3,(H,44,47)(H,45,54,56)/t25-,26+,34-,42+/m0/s1. The summed E-state index contributed by atoms with van der Waals surface area (Å²) < 4.78 is 14.2. The Balaban J connectivity index is 0.782. The van der Waals surface area contributed by atoms with Gasteiger partial charge in [0.25, 0.3) is 5.91 Å². The number of amides is 5. The number of phenols is 1. The molecule has 4 atom stereocenters. The molecule has 2 aromatic carbocycles. The van der Waals surface area contributed by atoms with E-state index in [4.69, 9.17) is 0 Å². The number of carbonyl (C=O) groups is 4. The highest BCUT2D eigenvalue weighted by Gasteiger charge is 2.46. The predicted octanol–water partition coefficient (Wildman–Crippen LogP) is 3.49. The first-order valence-corrected chi connectivity index (χ1v) is 20.6. The number of piperidine rings is 2. The summed E-state index contributed by atoms with van der Waals surface area (Å²) in [4.78, 5) is 64.5. The fraction of sp³-hybridized carbons (Fsp3) is 0.524. The van der Waals surface area contributed by atoms with Crippen LogP contribution in [0.3, 0.4) is 0 Å². The second kappa shape index (κ2) is 14.7. The molecule has 3 aromatic rings. The molecule has 0 bridgehead atoms. The van der Waals surface area contributed by atoms with Gasteiger partial charge in [0.1, 0.15) is 6.04 Å². The molecule has 15 nitrogen and oxygen atoms in total. The molecular weight excluding hydrogens is 744 g/mol. The Kier molecular flexibility index (Phi) is 9.64. The summed E-state index contributed by atoms with van der Waals surface area (Å²) in [6.07, 6.45) is 2.66. The Morgan fingerprint density at radius 2 is 1.78 bits per heavy atom. The van der Waals surface area contributed by atoms with Crippen LogP contribution in [-0.2, 0) is 16.1 Å². The molecular formula is C42H51FN10O5. The van der Waals surface area contributed by atoms with E-state index in [1.54, 1.807) is 11.0 Å². The predicted molar refractivity (Wildman–Crippen MR) is 215 cm³/mol. The van der Waals surface area contributed by atoms with Gasteiger partial charge in [-0.2, -0.15) is 0 Å². The first-order valence-electron chi connectivity index (χ1n) is 20.6. The van der Waals surface area contributed by atoms with E-state index >= 15 is 0 Å². The van der Waals surface area contributed by atoms with Gasteiger partial charge in [-0.3, -0.25) is 24.6 Å². The summed E-state index contributed by atoms with van der Waals surface area (Å²) in [5.41, 5.74) is 3.64. The molecule has 0 unspecified atom stereocenters. The van der Waals surface area contributed by atoms with E-state index in [-0.39, 0.29) is 41.9 Å². The molecule has 58 heavy (non-hydrogen) atoms. The van der Waals surface area contributed by atoms with Gasteiger partial charge in [-0.1, -0.05) is 12.1 Å². The van der Waals surface area contributed by atoms with Gasteiger partial charge in [0.2, 0.25) is 11.8 Å². The number of aromatic nitrogens is 2. The van der Waals surface area contributed by atoms with Crippen LogP contribution in [0, 0.1) is 11.7 Å². The number of aromatic hydroxyl groups is 1. The zero-order chi connectivity index (χ0) is 40.5. The summed E-state index contributed by atoms with van der Waals surface area (Å²) >= 11 is 0. The second-order valence-electron chi connectivity index (χ2n) is 17.3. The smallest absolute Gasteiger partial charge is 0.320 e. The topological polar surface area (TPSA) is 158 Å². The van der Waals surface area contributed by atoms with E-state index in [1.165, 1.54) is 12.1 Å². The zero-order valence-electron chi connectivity index (χ0n) is 33.3. The molecule has 6 aliphatic heterocycles. The molecule has 0 spiro atoms. The van der Waals surface area contributed by atoms with Gasteiger partial charge in [-0.05, 0) is 81.8 Å². The van der Waals surface area contributed by atoms with Crippen molar-refractivity contribution in [2.75, 3.05) is 74.0 Å². The summed E-state index contributed by atoms with van der Waals surface area (Å²) in [7, 11) is 0. The number of benzene rings is 2. The first-order chi connectivity index (χ1) is 27.9. The minimum absolute atomic E-state index is 0.0558. The average Bonchev–Trinajstić information content (AvgIpc) is 3.54. The molecule has 16 heteroatoms. The van der Waals surface area contributed by atoms with E-state index in [1.807, 2.05) is 28.0 Å². The Morgan fingerprint density at radius 3 is 2.57 bits per heavy atom. The SMILES string of the molecule is C[C@@H]1CN(CC2CCN(c3ccc4c(c3)C(=O)N([C@H]3CCC(=O)NC3=O)C4)CC2)[C@@H](C)CN1C(=O)N1CCN2c3cc(-c4cccc(F)c4O)nnc3NC[C@]2(C)C1. The van der Waals surface area contributed by atoms with E-state index in [2.05, 4.69) is 62.4 Å². The second-order valence-corrected chi connectivity index (χ2v) is 17.3. The van der Waals surface area contributed by atoms with Gasteiger partial charge in [-0.25, -0.2) is 9.18 Å². The van der Waals surface area contributed by atoms with Crippen molar-refractivity contribution in [3.8, 4) is 17.0 Å². The molecule has 0 saturated carbocycles. The van der Waals surface area contributed by atoms with Gasteiger partial charge in [-0.15, -0.1) is 10.2 Å². The molecule has 3 N–H and O–H groups in total. The number of hydrogen-bond donors (Lipinski definition) is 3. The van der Waals surface area contributed by atoms with Gasteiger partial charge in [0, 0.05) is 101 Å². The van der Waals surface area contributed by atoms with Crippen LogP contribution < -0.4 is 20.4 Å². The highest BCUT2D eigenvalue weighted by Crippen LogP contribution is 2.41. The van der Waals surface area contributed by atoms with Crippen molar-refractivity contribution < 1.29 is 28.7 Å². The number of urea groups is 1. The van der Waals surface area contributed by atoms with Crippen LogP contribution in [0.25, 0.3) is 11.3 Å². The zero-order valence-corrected chi connectivity index (χ0v) is 33.3. The quantitative estimate of drug-likeness (QED) is 0.325. The van der Waals surface area contributed by atoms with Crippen molar-refractivity contribution >= 4 is 40.9 Å². The van der Waals surface area contributed by atoms with E-state index < -0.39 is 29.1 Å². The van der Waals surface area contributed by atoms with Gasteiger partial charge < -0.3 is 34.9 Å². The number of carbonyl (C=O) groups excluding carboxylic acids is 4. The number of nitrogens with zero attached hydrogens (tertiary/aromatic N) is 8. The molecule has 4 saturated heterocycles. The molecule has 4 fully saturated rings.